The fourth-order valence-corrected chi connectivity index (χ4v) is 2.95. The molecule has 1 saturated heterocycles. The van der Waals surface area contributed by atoms with Gasteiger partial charge in [-0.1, -0.05) is 0 Å². The van der Waals surface area contributed by atoms with Crippen LogP contribution in [-0.4, -0.2) is 69.4 Å². The molecule has 3 rings (SSSR count). The predicted molar refractivity (Wildman–Crippen MR) is 95.6 cm³/mol. The number of aromatic nitrogens is 5. The lowest BCUT2D eigenvalue weighted by Gasteiger charge is -2.35. The second kappa shape index (κ2) is 8.22. The lowest BCUT2D eigenvalue weighted by molar-refractivity contribution is -0.140. The molecular formula is C17H25N7O2. The van der Waals surface area contributed by atoms with E-state index in [9.17, 15) is 4.79 Å². The van der Waals surface area contributed by atoms with Crippen LogP contribution in [0.5, 0.6) is 0 Å². The number of carbonyl (C=O) groups excluding carboxylic acids is 1. The Balaban J connectivity index is 1.70. The fourth-order valence-electron chi connectivity index (χ4n) is 2.95. The molecule has 2 aromatic rings. The summed E-state index contributed by atoms with van der Waals surface area (Å²) in [6.07, 6.45) is 4.31. The minimum absolute atomic E-state index is 0.0925. The lowest BCUT2D eigenvalue weighted by atomic mass is 10.1. The van der Waals surface area contributed by atoms with Gasteiger partial charge in [-0.2, -0.15) is 5.10 Å². The van der Waals surface area contributed by atoms with Crippen LogP contribution in [0.4, 0.5) is 5.82 Å². The average molecular weight is 359 g/mol. The number of amides is 1. The Kier molecular flexibility index (Phi) is 5.77. The molecule has 3 heterocycles. The molecule has 1 aliphatic rings. The highest BCUT2D eigenvalue weighted by Gasteiger charge is 2.30. The Labute approximate surface area is 153 Å². The van der Waals surface area contributed by atoms with E-state index < -0.39 is 0 Å². The van der Waals surface area contributed by atoms with Crippen LogP contribution < -0.4 is 4.90 Å². The van der Waals surface area contributed by atoms with E-state index >= 15 is 0 Å². The minimum atomic E-state index is -0.249. The summed E-state index contributed by atoms with van der Waals surface area (Å²) in [5.41, 5.74) is 0.878. The van der Waals surface area contributed by atoms with Crippen molar-refractivity contribution in [1.29, 1.82) is 0 Å². The first-order chi connectivity index (χ1) is 12.5. The zero-order valence-electron chi connectivity index (χ0n) is 15.5. The summed E-state index contributed by atoms with van der Waals surface area (Å²) < 4.78 is 7.34. The standard InChI is InChI=1S/C17H25N7O2/c1-13-9-15(22(2)3)21-17(20-13)14-10-26-8-7-24(14)16(25)5-4-6-23-12-18-11-19-23/h9,11-12,14H,4-8,10H2,1-3H3. The molecule has 1 unspecified atom stereocenters. The smallest absolute Gasteiger partial charge is 0.223 e. The fraction of sp³-hybridized carbons (Fsp3) is 0.588. The molecule has 0 bridgehead atoms. The summed E-state index contributed by atoms with van der Waals surface area (Å²) in [6.45, 7) is 4.13. The Hall–Kier alpha value is -2.55. The maximum Gasteiger partial charge on any atom is 0.223 e. The molecule has 2 aromatic heterocycles. The van der Waals surface area contributed by atoms with Crippen molar-refractivity contribution in [3.63, 3.8) is 0 Å². The van der Waals surface area contributed by atoms with Crippen molar-refractivity contribution in [3.05, 3.63) is 30.2 Å². The quantitative estimate of drug-likeness (QED) is 0.754. The number of rotatable bonds is 6. The number of nitrogens with zero attached hydrogens (tertiary/aromatic N) is 7. The van der Waals surface area contributed by atoms with Crippen LogP contribution in [0, 0.1) is 6.92 Å². The van der Waals surface area contributed by atoms with Gasteiger partial charge in [0.05, 0.1) is 13.2 Å². The monoisotopic (exact) mass is 359 g/mol. The highest BCUT2D eigenvalue weighted by molar-refractivity contribution is 5.76. The van der Waals surface area contributed by atoms with Gasteiger partial charge in [0.2, 0.25) is 5.91 Å². The highest BCUT2D eigenvalue weighted by Crippen LogP contribution is 2.24. The number of morpholine rings is 1. The molecule has 26 heavy (non-hydrogen) atoms. The van der Waals surface area contributed by atoms with E-state index in [0.717, 1.165) is 11.5 Å². The zero-order chi connectivity index (χ0) is 18.5. The Morgan fingerprint density at radius 3 is 2.96 bits per heavy atom. The first-order valence-corrected chi connectivity index (χ1v) is 8.77. The van der Waals surface area contributed by atoms with Crippen LogP contribution in [0.2, 0.25) is 0 Å². The van der Waals surface area contributed by atoms with E-state index in [2.05, 4.69) is 20.1 Å². The summed E-state index contributed by atoms with van der Waals surface area (Å²) >= 11 is 0. The van der Waals surface area contributed by atoms with Crippen molar-refractivity contribution in [2.75, 3.05) is 38.8 Å². The Morgan fingerprint density at radius 1 is 1.38 bits per heavy atom. The third kappa shape index (κ3) is 4.34. The maximum absolute atomic E-state index is 12.8. The van der Waals surface area contributed by atoms with E-state index in [1.54, 1.807) is 11.0 Å². The van der Waals surface area contributed by atoms with Crippen molar-refractivity contribution in [2.24, 2.45) is 0 Å². The SMILES string of the molecule is Cc1cc(N(C)C)nc(C2COCCN2C(=O)CCCn2cncn2)n1. The van der Waals surface area contributed by atoms with Gasteiger partial charge in [0, 0.05) is 45.4 Å². The third-order valence-corrected chi connectivity index (χ3v) is 4.31. The summed E-state index contributed by atoms with van der Waals surface area (Å²) in [6, 6.07) is 1.68. The first kappa shape index (κ1) is 18.2. The minimum Gasteiger partial charge on any atom is -0.377 e. The van der Waals surface area contributed by atoms with Crippen LogP contribution in [-0.2, 0) is 16.1 Å². The summed E-state index contributed by atoms with van der Waals surface area (Å²) in [5.74, 6) is 1.56. The second-order valence-corrected chi connectivity index (χ2v) is 6.56. The van der Waals surface area contributed by atoms with Gasteiger partial charge in [-0.25, -0.2) is 15.0 Å². The maximum atomic E-state index is 12.8. The Morgan fingerprint density at radius 2 is 2.23 bits per heavy atom. The first-order valence-electron chi connectivity index (χ1n) is 8.77. The number of hydrogen-bond donors (Lipinski definition) is 0. The molecule has 0 N–H and O–H groups in total. The highest BCUT2D eigenvalue weighted by atomic mass is 16.5. The molecule has 0 aromatic carbocycles. The van der Waals surface area contributed by atoms with E-state index in [4.69, 9.17) is 4.74 Å². The van der Waals surface area contributed by atoms with Crippen LogP contribution in [0.1, 0.15) is 30.4 Å². The molecule has 9 nitrogen and oxygen atoms in total. The molecule has 0 saturated carbocycles. The van der Waals surface area contributed by atoms with Crippen molar-refractivity contribution < 1.29 is 9.53 Å². The van der Waals surface area contributed by atoms with Crippen LogP contribution in [0.3, 0.4) is 0 Å². The lowest BCUT2D eigenvalue weighted by Crippen LogP contribution is -2.44. The molecule has 140 valence electrons. The summed E-state index contributed by atoms with van der Waals surface area (Å²) in [7, 11) is 3.88. The van der Waals surface area contributed by atoms with E-state index in [0.29, 0.717) is 45.0 Å². The number of carbonyl (C=O) groups is 1. The molecule has 1 amide bonds. The molecule has 1 fully saturated rings. The van der Waals surface area contributed by atoms with E-state index in [1.807, 2.05) is 36.9 Å². The van der Waals surface area contributed by atoms with Gasteiger partial charge in [0.25, 0.3) is 0 Å². The molecule has 0 radical (unpaired) electrons. The largest absolute Gasteiger partial charge is 0.377 e. The van der Waals surface area contributed by atoms with Gasteiger partial charge in [-0.3, -0.25) is 9.48 Å². The van der Waals surface area contributed by atoms with Gasteiger partial charge in [0.15, 0.2) is 5.82 Å². The second-order valence-electron chi connectivity index (χ2n) is 6.56. The summed E-state index contributed by atoms with van der Waals surface area (Å²) in [5, 5.41) is 4.06. The number of anilines is 1. The average Bonchev–Trinajstić information content (AvgIpc) is 3.14. The van der Waals surface area contributed by atoms with E-state index in [-0.39, 0.29) is 11.9 Å². The van der Waals surface area contributed by atoms with Gasteiger partial charge >= 0.3 is 0 Å². The predicted octanol–water partition coefficient (Wildman–Crippen LogP) is 0.823. The van der Waals surface area contributed by atoms with Crippen molar-refractivity contribution in [1.82, 2.24) is 29.6 Å². The number of hydrogen-bond acceptors (Lipinski definition) is 7. The van der Waals surface area contributed by atoms with Gasteiger partial charge in [-0.05, 0) is 13.3 Å². The molecule has 0 aliphatic carbocycles. The van der Waals surface area contributed by atoms with Crippen molar-refractivity contribution >= 4 is 11.7 Å². The van der Waals surface area contributed by atoms with Gasteiger partial charge in [-0.15, -0.1) is 0 Å². The Bertz CT molecular complexity index is 733. The molecule has 9 heteroatoms. The summed E-state index contributed by atoms with van der Waals surface area (Å²) in [4.78, 5) is 29.7. The van der Waals surface area contributed by atoms with Crippen LogP contribution in [0.25, 0.3) is 0 Å². The molecule has 1 atom stereocenters. The van der Waals surface area contributed by atoms with E-state index in [1.165, 1.54) is 6.33 Å². The van der Waals surface area contributed by atoms with Crippen LogP contribution >= 0.6 is 0 Å². The normalized spacial score (nSPS) is 17.3. The van der Waals surface area contributed by atoms with Gasteiger partial charge < -0.3 is 14.5 Å². The van der Waals surface area contributed by atoms with Crippen molar-refractivity contribution in [3.8, 4) is 0 Å². The molecule has 1 aliphatic heterocycles. The number of aryl methyl sites for hydroxylation is 2. The third-order valence-electron chi connectivity index (χ3n) is 4.31. The topological polar surface area (TPSA) is 89.3 Å². The zero-order valence-corrected chi connectivity index (χ0v) is 15.5. The number of ether oxygens (including phenoxy) is 1. The van der Waals surface area contributed by atoms with Crippen molar-refractivity contribution in [2.45, 2.75) is 32.4 Å². The molecule has 0 spiro atoms. The van der Waals surface area contributed by atoms with Crippen LogP contribution in [0.15, 0.2) is 18.7 Å². The van der Waals surface area contributed by atoms with Gasteiger partial charge in [0.1, 0.15) is 24.5 Å². The molecular weight excluding hydrogens is 334 g/mol.